The van der Waals surface area contributed by atoms with E-state index in [2.05, 4.69) is 40.3 Å². The molecule has 1 atom stereocenters. The van der Waals surface area contributed by atoms with Crippen molar-refractivity contribution in [2.24, 2.45) is 0 Å². The van der Waals surface area contributed by atoms with E-state index in [1.54, 1.807) is 13.0 Å². The molecule has 0 radical (unpaired) electrons. The molecule has 0 bridgehead atoms. The van der Waals surface area contributed by atoms with Crippen LogP contribution in [-0.2, 0) is 6.54 Å². The van der Waals surface area contributed by atoms with Gasteiger partial charge in [-0.15, -0.1) is 0 Å². The molecule has 106 valence electrons. The fourth-order valence-corrected chi connectivity index (χ4v) is 2.44. The lowest BCUT2D eigenvalue weighted by Crippen LogP contribution is -2.20. The number of aryl methyl sites for hydroxylation is 1. The topological polar surface area (TPSA) is 12.0 Å². The number of nitrogens with one attached hydrogen (secondary N) is 1. The Hall–Kier alpha value is -1.19. The summed E-state index contributed by atoms with van der Waals surface area (Å²) in [6.07, 6.45) is 0.996. The van der Waals surface area contributed by atoms with Gasteiger partial charge in [0, 0.05) is 17.1 Å². The molecule has 1 N–H and O–H groups in total. The van der Waals surface area contributed by atoms with Crippen LogP contribution in [0.2, 0.25) is 0 Å². The van der Waals surface area contributed by atoms with Gasteiger partial charge < -0.3 is 5.32 Å². The molecule has 2 aromatic rings. The Morgan fingerprint density at radius 3 is 2.45 bits per heavy atom. The molecule has 2 rings (SSSR count). The van der Waals surface area contributed by atoms with Crippen LogP contribution in [0, 0.1) is 12.7 Å². The summed E-state index contributed by atoms with van der Waals surface area (Å²) in [6.45, 7) is 4.60. The Kier molecular flexibility index (Phi) is 5.32. The normalized spacial score (nSPS) is 12.4. The number of halogens is 2. The van der Waals surface area contributed by atoms with Gasteiger partial charge in [0.25, 0.3) is 0 Å². The van der Waals surface area contributed by atoms with Crippen LogP contribution in [0.4, 0.5) is 4.39 Å². The largest absolute Gasteiger partial charge is 0.306 e. The van der Waals surface area contributed by atoms with Crippen LogP contribution < -0.4 is 5.32 Å². The standard InChI is InChI=1S/C17H19BrFN/c1-3-17(14-6-8-15(18)9-7-14)20-11-13-5-4-12(2)16(19)10-13/h4-10,17,20H,3,11H2,1-2H3. The quantitative estimate of drug-likeness (QED) is 0.797. The highest BCUT2D eigenvalue weighted by atomic mass is 79.9. The van der Waals surface area contributed by atoms with Gasteiger partial charge in [0.1, 0.15) is 5.82 Å². The molecule has 0 saturated heterocycles. The molecule has 2 aromatic carbocycles. The van der Waals surface area contributed by atoms with Crippen molar-refractivity contribution in [2.75, 3.05) is 0 Å². The average Bonchev–Trinajstić information content (AvgIpc) is 2.45. The molecule has 0 aromatic heterocycles. The first-order chi connectivity index (χ1) is 9.60. The van der Waals surface area contributed by atoms with Crippen molar-refractivity contribution >= 4 is 15.9 Å². The van der Waals surface area contributed by atoms with Crippen LogP contribution in [0.3, 0.4) is 0 Å². The third-order valence-corrected chi connectivity index (χ3v) is 4.00. The van der Waals surface area contributed by atoms with E-state index in [-0.39, 0.29) is 11.9 Å². The first-order valence-electron chi connectivity index (χ1n) is 6.84. The zero-order valence-corrected chi connectivity index (χ0v) is 13.4. The zero-order chi connectivity index (χ0) is 14.5. The average molecular weight is 336 g/mol. The first kappa shape index (κ1) is 15.2. The predicted octanol–water partition coefficient (Wildman–Crippen LogP) is 5.14. The number of hydrogen-bond acceptors (Lipinski definition) is 1. The van der Waals surface area contributed by atoms with Crippen molar-refractivity contribution in [3.05, 3.63) is 69.4 Å². The highest BCUT2D eigenvalue weighted by Crippen LogP contribution is 2.20. The van der Waals surface area contributed by atoms with Crippen molar-refractivity contribution in [3.8, 4) is 0 Å². The molecule has 20 heavy (non-hydrogen) atoms. The van der Waals surface area contributed by atoms with Crippen LogP contribution in [0.5, 0.6) is 0 Å². The maximum absolute atomic E-state index is 13.5. The second-order valence-electron chi connectivity index (χ2n) is 4.98. The molecule has 0 heterocycles. The van der Waals surface area contributed by atoms with Crippen LogP contribution in [0.25, 0.3) is 0 Å². The molecule has 1 nitrogen and oxygen atoms in total. The van der Waals surface area contributed by atoms with Gasteiger partial charge in [0.05, 0.1) is 0 Å². The minimum Gasteiger partial charge on any atom is -0.306 e. The fraction of sp³-hybridized carbons (Fsp3) is 0.294. The lowest BCUT2D eigenvalue weighted by atomic mass is 10.0. The smallest absolute Gasteiger partial charge is 0.126 e. The van der Waals surface area contributed by atoms with Gasteiger partial charge in [-0.25, -0.2) is 4.39 Å². The van der Waals surface area contributed by atoms with Gasteiger partial charge in [0.2, 0.25) is 0 Å². The summed E-state index contributed by atoms with van der Waals surface area (Å²) < 4.78 is 14.6. The van der Waals surface area contributed by atoms with Crippen molar-refractivity contribution in [3.63, 3.8) is 0 Å². The summed E-state index contributed by atoms with van der Waals surface area (Å²) in [5.41, 5.74) is 2.92. The molecule has 3 heteroatoms. The van der Waals surface area contributed by atoms with E-state index in [9.17, 15) is 4.39 Å². The van der Waals surface area contributed by atoms with Crippen LogP contribution >= 0.6 is 15.9 Å². The SMILES string of the molecule is CCC(NCc1ccc(C)c(F)c1)c1ccc(Br)cc1. The lowest BCUT2D eigenvalue weighted by Gasteiger charge is -2.18. The molecule has 0 saturated carbocycles. The van der Waals surface area contributed by atoms with Gasteiger partial charge in [-0.1, -0.05) is 47.1 Å². The second-order valence-corrected chi connectivity index (χ2v) is 5.89. The van der Waals surface area contributed by atoms with E-state index in [1.165, 1.54) is 5.56 Å². The van der Waals surface area contributed by atoms with Crippen molar-refractivity contribution in [1.29, 1.82) is 0 Å². The molecule has 0 aliphatic heterocycles. The third kappa shape index (κ3) is 3.90. The monoisotopic (exact) mass is 335 g/mol. The predicted molar refractivity (Wildman–Crippen MR) is 85.2 cm³/mol. The zero-order valence-electron chi connectivity index (χ0n) is 11.8. The Balaban J connectivity index is 2.03. The van der Waals surface area contributed by atoms with Crippen LogP contribution in [-0.4, -0.2) is 0 Å². The Bertz CT molecular complexity index is 566. The summed E-state index contributed by atoms with van der Waals surface area (Å²) in [6, 6.07) is 14.0. The summed E-state index contributed by atoms with van der Waals surface area (Å²) in [5.74, 6) is -0.138. The van der Waals surface area contributed by atoms with E-state index in [1.807, 2.05) is 24.3 Å². The van der Waals surface area contributed by atoms with Gasteiger partial charge in [-0.3, -0.25) is 0 Å². The van der Waals surface area contributed by atoms with Gasteiger partial charge in [0.15, 0.2) is 0 Å². The Labute approximate surface area is 128 Å². The third-order valence-electron chi connectivity index (χ3n) is 3.47. The number of hydrogen-bond donors (Lipinski definition) is 1. The Morgan fingerprint density at radius 2 is 1.85 bits per heavy atom. The van der Waals surface area contributed by atoms with Crippen molar-refractivity contribution < 1.29 is 4.39 Å². The minimum atomic E-state index is -0.138. The van der Waals surface area contributed by atoms with Crippen LogP contribution in [0.15, 0.2) is 46.9 Å². The van der Waals surface area contributed by atoms with E-state index < -0.39 is 0 Å². The number of rotatable bonds is 5. The second kappa shape index (κ2) is 7.00. The summed E-state index contributed by atoms with van der Waals surface area (Å²) in [7, 11) is 0. The van der Waals surface area contributed by atoms with E-state index in [0.29, 0.717) is 12.1 Å². The van der Waals surface area contributed by atoms with Gasteiger partial charge in [-0.05, 0) is 48.2 Å². The van der Waals surface area contributed by atoms with Gasteiger partial charge in [-0.2, -0.15) is 0 Å². The summed E-state index contributed by atoms with van der Waals surface area (Å²) in [5, 5.41) is 3.49. The molecule has 1 unspecified atom stereocenters. The molecule has 0 spiro atoms. The highest BCUT2D eigenvalue weighted by molar-refractivity contribution is 9.10. The highest BCUT2D eigenvalue weighted by Gasteiger charge is 2.09. The summed E-state index contributed by atoms with van der Waals surface area (Å²) >= 11 is 3.44. The minimum absolute atomic E-state index is 0.138. The molecule has 0 aliphatic carbocycles. The van der Waals surface area contributed by atoms with E-state index >= 15 is 0 Å². The van der Waals surface area contributed by atoms with Gasteiger partial charge >= 0.3 is 0 Å². The van der Waals surface area contributed by atoms with E-state index in [0.717, 1.165) is 16.5 Å². The maximum atomic E-state index is 13.5. The lowest BCUT2D eigenvalue weighted by molar-refractivity contribution is 0.517. The van der Waals surface area contributed by atoms with Crippen LogP contribution in [0.1, 0.15) is 36.1 Å². The summed E-state index contributed by atoms with van der Waals surface area (Å²) in [4.78, 5) is 0. The maximum Gasteiger partial charge on any atom is 0.126 e. The number of benzene rings is 2. The molecule has 0 aliphatic rings. The molecule has 0 fully saturated rings. The first-order valence-corrected chi connectivity index (χ1v) is 7.63. The van der Waals surface area contributed by atoms with Crippen molar-refractivity contribution in [2.45, 2.75) is 32.9 Å². The molecular weight excluding hydrogens is 317 g/mol. The fourth-order valence-electron chi connectivity index (χ4n) is 2.18. The molecular formula is C17H19BrFN. The van der Waals surface area contributed by atoms with E-state index in [4.69, 9.17) is 0 Å². The van der Waals surface area contributed by atoms with Crippen molar-refractivity contribution in [1.82, 2.24) is 5.32 Å². The Morgan fingerprint density at radius 1 is 1.15 bits per heavy atom. The molecule has 0 amide bonds.